The van der Waals surface area contributed by atoms with E-state index in [1.807, 2.05) is 12.4 Å². The SMILES string of the molecule is CCOc1cccc(C2(N3CCN(c4ccncc4)CC3)[C@@H]3CC(C)C[C@@H]32)c1. The molecule has 0 N–H and O–H groups in total. The van der Waals surface area contributed by atoms with Gasteiger partial charge in [-0.15, -0.1) is 0 Å². The van der Waals surface area contributed by atoms with Crippen molar-refractivity contribution in [2.75, 3.05) is 37.7 Å². The van der Waals surface area contributed by atoms with Crippen LogP contribution in [0.25, 0.3) is 0 Å². The molecule has 3 aliphatic rings. The van der Waals surface area contributed by atoms with Gasteiger partial charge in [0.1, 0.15) is 5.75 Å². The molecule has 0 radical (unpaired) electrons. The Balaban J connectivity index is 1.40. The maximum atomic E-state index is 5.84. The number of aromatic nitrogens is 1. The van der Waals surface area contributed by atoms with Crippen molar-refractivity contribution >= 4 is 5.69 Å². The van der Waals surface area contributed by atoms with Crippen LogP contribution in [-0.4, -0.2) is 42.7 Å². The third-order valence-electron chi connectivity index (χ3n) is 7.26. The summed E-state index contributed by atoms with van der Waals surface area (Å²) in [5.74, 6) is 3.52. The van der Waals surface area contributed by atoms with Crippen molar-refractivity contribution in [2.45, 2.75) is 32.2 Å². The Morgan fingerprint density at radius 1 is 1.04 bits per heavy atom. The highest BCUT2D eigenvalue weighted by atomic mass is 16.5. The van der Waals surface area contributed by atoms with Gasteiger partial charge in [0, 0.05) is 44.3 Å². The predicted octanol–water partition coefficient (Wildman–Crippen LogP) is 4.17. The zero-order chi connectivity index (χ0) is 19.1. The summed E-state index contributed by atoms with van der Waals surface area (Å²) in [6.45, 7) is 9.65. The molecule has 4 nitrogen and oxygen atoms in total. The molecule has 0 spiro atoms. The van der Waals surface area contributed by atoms with E-state index in [4.69, 9.17) is 4.74 Å². The van der Waals surface area contributed by atoms with E-state index in [1.54, 1.807) is 0 Å². The monoisotopic (exact) mass is 377 g/mol. The van der Waals surface area contributed by atoms with Crippen molar-refractivity contribution < 1.29 is 4.74 Å². The number of piperazine rings is 1. The molecule has 1 aromatic carbocycles. The standard InChI is InChI=1S/C24H31N3O/c1-3-28-21-6-4-5-19(17-21)24(22-15-18(2)16-23(22)24)27-13-11-26(12-14-27)20-7-9-25-10-8-20/h4-10,17-18,22-23H,3,11-16H2,1-2H3/t18?,22-,23+,24?. The minimum Gasteiger partial charge on any atom is -0.494 e. The lowest BCUT2D eigenvalue weighted by atomic mass is 9.89. The number of hydrogen-bond acceptors (Lipinski definition) is 4. The molecule has 3 fully saturated rings. The van der Waals surface area contributed by atoms with Crippen molar-refractivity contribution in [1.29, 1.82) is 0 Å². The van der Waals surface area contributed by atoms with Crippen molar-refractivity contribution in [3.63, 3.8) is 0 Å². The van der Waals surface area contributed by atoms with E-state index in [-0.39, 0.29) is 5.54 Å². The third kappa shape index (κ3) is 2.81. The summed E-state index contributed by atoms with van der Waals surface area (Å²) in [5.41, 5.74) is 3.02. The number of fused-ring (bicyclic) bond motifs is 1. The van der Waals surface area contributed by atoms with Crippen LogP contribution in [0.4, 0.5) is 5.69 Å². The lowest BCUT2D eigenvalue weighted by Crippen LogP contribution is -2.52. The van der Waals surface area contributed by atoms with Gasteiger partial charge in [-0.25, -0.2) is 0 Å². The van der Waals surface area contributed by atoms with E-state index in [9.17, 15) is 0 Å². The minimum atomic E-state index is 0.240. The molecule has 4 heteroatoms. The molecule has 2 aromatic rings. The second-order valence-electron chi connectivity index (χ2n) is 8.76. The lowest BCUT2D eigenvalue weighted by molar-refractivity contribution is 0.124. The second kappa shape index (κ2) is 7.07. The smallest absolute Gasteiger partial charge is 0.119 e. The summed E-state index contributed by atoms with van der Waals surface area (Å²) < 4.78 is 5.84. The fourth-order valence-corrected chi connectivity index (χ4v) is 6.14. The van der Waals surface area contributed by atoms with Gasteiger partial charge in [-0.2, -0.15) is 0 Å². The number of benzene rings is 1. The summed E-state index contributed by atoms with van der Waals surface area (Å²) in [4.78, 5) is 9.47. The molecular formula is C24H31N3O. The quantitative estimate of drug-likeness (QED) is 0.782. The summed E-state index contributed by atoms with van der Waals surface area (Å²) >= 11 is 0. The number of hydrogen-bond donors (Lipinski definition) is 0. The largest absolute Gasteiger partial charge is 0.494 e. The van der Waals surface area contributed by atoms with Gasteiger partial charge in [-0.1, -0.05) is 19.1 Å². The predicted molar refractivity (Wildman–Crippen MR) is 113 cm³/mol. The molecule has 4 atom stereocenters. The first-order valence-electron chi connectivity index (χ1n) is 10.9. The Kier molecular flexibility index (Phi) is 4.54. The van der Waals surface area contributed by atoms with Crippen molar-refractivity contribution in [3.8, 4) is 5.75 Å². The van der Waals surface area contributed by atoms with Crippen LogP contribution >= 0.6 is 0 Å². The number of rotatable bonds is 5. The third-order valence-corrected chi connectivity index (χ3v) is 7.26. The van der Waals surface area contributed by atoms with Gasteiger partial charge in [0.2, 0.25) is 0 Å². The molecule has 1 saturated heterocycles. The Labute approximate surface area is 168 Å². The van der Waals surface area contributed by atoms with Gasteiger partial charge in [-0.05, 0) is 67.3 Å². The van der Waals surface area contributed by atoms with Crippen LogP contribution in [0.1, 0.15) is 32.3 Å². The Hall–Kier alpha value is -2.07. The van der Waals surface area contributed by atoms with Crippen molar-refractivity contribution in [1.82, 2.24) is 9.88 Å². The molecule has 2 saturated carbocycles. The first-order valence-corrected chi connectivity index (χ1v) is 10.9. The van der Waals surface area contributed by atoms with Crippen molar-refractivity contribution in [2.24, 2.45) is 17.8 Å². The van der Waals surface area contributed by atoms with Crippen LogP contribution < -0.4 is 9.64 Å². The van der Waals surface area contributed by atoms with Crippen LogP contribution in [0.3, 0.4) is 0 Å². The molecule has 148 valence electrons. The summed E-state index contributed by atoms with van der Waals surface area (Å²) in [6, 6.07) is 13.2. The molecular weight excluding hydrogens is 346 g/mol. The first kappa shape index (κ1) is 18.0. The van der Waals surface area contributed by atoms with Gasteiger partial charge in [0.25, 0.3) is 0 Å². The maximum absolute atomic E-state index is 5.84. The molecule has 0 amide bonds. The zero-order valence-corrected chi connectivity index (χ0v) is 17.1. The highest BCUT2D eigenvalue weighted by molar-refractivity contribution is 5.46. The average Bonchev–Trinajstić information content (AvgIpc) is 3.16. The summed E-state index contributed by atoms with van der Waals surface area (Å²) in [5, 5.41) is 0. The summed E-state index contributed by atoms with van der Waals surface area (Å²) in [6.07, 6.45) is 6.53. The van der Waals surface area contributed by atoms with Gasteiger partial charge in [0.05, 0.1) is 12.1 Å². The van der Waals surface area contributed by atoms with Crippen LogP contribution in [0.15, 0.2) is 48.8 Å². The van der Waals surface area contributed by atoms with E-state index >= 15 is 0 Å². The average molecular weight is 378 g/mol. The van der Waals surface area contributed by atoms with Gasteiger partial charge in [0.15, 0.2) is 0 Å². The van der Waals surface area contributed by atoms with Crippen molar-refractivity contribution in [3.05, 3.63) is 54.4 Å². The highest BCUT2D eigenvalue weighted by Crippen LogP contribution is 2.70. The number of anilines is 1. The van der Waals surface area contributed by atoms with Crippen LogP contribution in [0.5, 0.6) is 5.75 Å². The molecule has 2 aliphatic carbocycles. The molecule has 2 unspecified atom stereocenters. The van der Waals surface area contributed by atoms with Gasteiger partial charge < -0.3 is 9.64 Å². The van der Waals surface area contributed by atoms with Gasteiger partial charge in [-0.3, -0.25) is 9.88 Å². The second-order valence-corrected chi connectivity index (χ2v) is 8.76. The van der Waals surface area contributed by atoms with E-state index in [0.29, 0.717) is 0 Å². The normalized spacial score (nSPS) is 32.2. The summed E-state index contributed by atoms with van der Waals surface area (Å²) in [7, 11) is 0. The molecule has 1 aromatic heterocycles. The molecule has 1 aliphatic heterocycles. The van der Waals surface area contributed by atoms with Crippen LogP contribution in [0, 0.1) is 17.8 Å². The van der Waals surface area contributed by atoms with E-state index in [1.165, 1.54) is 24.1 Å². The fraction of sp³-hybridized carbons (Fsp3) is 0.542. The molecule has 2 heterocycles. The highest BCUT2D eigenvalue weighted by Gasteiger charge is 2.70. The number of pyridine rings is 1. The maximum Gasteiger partial charge on any atom is 0.119 e. The Morgan fingerprint density at radius 3 is 2.43 bits per heavy atom. The van der Waals surface area contributed by atoms with Crippen LogP contribution in [-0.2, 0) is 5.54 Å². The minimum absolute atomic E-state index is 0.240. The van der Waals surface area contributed by atoms with E-state index in [0.717, 1.165) is 56.3 Å². The molecule has 5 rings (SSSR count). The van der Waals surface area contributed by atoms with E-state index < -0.39 is 0 Å². The Bertz CT molecular complexity index is 804. The van der Waals surface area contributed by atoms with Gasteiger partial charge >= 0.3 is 0 Å². The topological polar surface area (TPSA) is 28.6 Å². The van der Waals surface area contributed by atoms with E-state index in [2.05, 4.69) is 65.0 Å². The fourth-order valence-electron chi connectivity index (χ4n) is 6.14. The first-order chi connectivity index (χ1) is 13.7. The molecule has 28 heavy (non-hydrogen) atoms. The number of ether oxygens (including phenoxy) is 1. The number of nitrogens with zero attached hydrogens (tertiary/aromatic N) is 3. The Morgan fingerprint density at radius 2 is 1.75 bits per heavy atom. The lowest BCUT2D eigenvalue weighted by Gasteiger charge is -2.43. The molecule has 0 bridgehead atoms. The zero-order valence-electron chi connectivity index (χ0n) is 17.1. The van der Waals surface area contributed by atoms with Crippen LogP contribution in [0.2, 0.25) is 0 Å².